The zero-order valence-electron chi connectivity index (χ0n) is 21.7. The molecule has 0 bridgehead atoms. The van der Waals surface area contributed by atoms with Gasteiger partial charge in [-0.2, -0.15) is 5.26 Å². The SMILES string of the molecule is C/C=C(\CCN(C)C1CCCC1)c1ccc2c(c1)C(Nc1cccc(C#N)c1)CCn1nnc(C)c1-2. The topological polar surface area (TPSA) is 69.8 Å². The van der Waals surface area contributed by atoms with E-state index in [1.54, 1.807) is 0 Å². The summed E-state index contributed by atoms with van der Waals surface area (Å²) in [5.74, 6) is 0. The van der Waals surface area contributed by atoms with Crippen molar-refractivity contribution in [1.82, 2.24) is 19.9 Å². The van der Waals surface area contributed by atoms with Crippen LogP contribution in [-0.4, -0.2) is 39.5 Å². The molecular weight excluding hydrogens is 444 g/mol. The molecule has 6 heteroatoms. The Balaban J connectivity index is 1.46. The van der Waals surface area contributed by atoms with Crippen LogP contribution in [0.2, 0.25) is 0 Å². The lowest BCUT2D eigenvalue weighted by molar-refractivity contribution is 0.251. The second-order valence-electron chi connectivity index (χ2n) is 10.2. The summed E-state index contributed by atoms with van der Waals surface area (Å²) in [5.41, 5.74) is 8.82. The van der Waals surface area contributed by atoms with Gasteiger partial charge in [0, 0.05) is 30.4 Å². The van der Waals surface area contributed by atoms with Crippen LogP contribution in [0.3, 0.4) is 0 Å². The van der Waals surface area contributed by atoms with Crippen molar-refractivity contribution in [2.45, 2.75) is 71.0 Å². The van der Waals surface area contributed by atoms with E-state index in [1.165, 1.54) is 47.9 Å². The molecule has 2 aromatic carbocycles. The average molecular weight is 481 g/mol. The fourth-order valence-corrected chi connectivity index (χ4v) is 5.87. The van der Waals surface area contributed by atoms with Crippen LogP contribution in [0.4, 0.5) is 5.69 Å². The second kappa shape index (κ2) is 10.7. The van der Waals surface area contributed by atoms with E-state index < -0.39 is 0 Å². The molecule has 36 heavy (non-hydrogen) atoms. The van der Waals surface area contributed by atoms with Crippen LogP contribution in [-0.2, 0) is 6.54 Å². The lowest BCUT2D eigenvalue weighted by Gasteiger charge is -2.25. The zero-order valence-corrected chi connectivity index (χ0v) is 21.7. The largest absolute Gasteiger partial charge is 0.378 e. The molecule has 186 valence electrons. The molecule has 0 amide bonds. The van der Waals surface area contributed by atoms with Crippen LogP contribution in [0, 0.1) is 18.3 Å². The Labute approximate surface area is 214 Å². The third-order valence-electron chi connectivity index (χ3n) is 7.95. The number of rotatable bonds is 7. The summed E-state index contributed by atoms with van der Waals surface area (Å²) < 4.78 is 2.04. The lowest BCUT2D eigenvalue weighted by Crippen LogP contribution is -2.30. The lowest BCUT2D eigenvalue weighted by atomic mass is 9.91. The summed E-state index contributed by atoms with van der Waals surface area (Å²) in [7, 11) is 2.28. The van der Waals surface area contributed by atoms with E-state index in [9.17, 15) is 5.26 Å². The number of nitrogens with zero attached hydrogens (tertiary/aromatic N) is 5. The maximum Gasteiger partial charge on any atom is 0.0992 e. The first-order valence-corrected chi connectivity index (χ1v) is 13.2. The highest BCUT2D eigenvalue weighted by Gasteiger charge is 2.26. The molecule has 5 rings (SSSR count). The molecule has 1 aromatic heterocycles. The minimum Gasteiger partial charge on any atom is -0.378 e. The predicted molar refractivity (Wildman–Crippen MR) is 145 cm³/mol. The number of aryl methyl sites for hydroxylation is 2. The Morgan fingerprint density at radius 1 is 1.19 bits per heavy atom. The minimum atomic E-state index is 0.106. The molecule has 6 nitrogen and oxygen atoms in total. The van der Waals surface area contributed by atoms with Crippen molar-refractivity contribution in [2.24, 2.45) is 0 Å². The monoisotopic (exact) mass is 480 g/mol. The van der Waals surface area contributed by atoms with Crippen LogP contribution in [0.1, 0.15) is 73.9 Å². The molecular formula is C30H36N6. The smallest absolute Gasteiger partial charge is 0.0992 e. The van der Waals surface area contributed by atoms with Crippen molar-refractivity contribution in [2.75, 3.05) is 18.9 Å². The van der Waals surface area contributed by atoms with Crippen molar-refractivity contribution in [1.29, 1.82) is 5.26 Å². The summed E-state index contributed by atoms with van der Waals surface area (Å²) in [6.07, 6.45) is 9.61. The minimum absolute atomic E-state index is 0.106. The first-order valence-electron chi connectivity index (χ1n) is 13.2. The van der Waals surface area contributed by atoms with Crippen LogP contribution in [0.5, 0.6) is 0 Å². The van der Waals surface area contributed by atoms with Gasteiger partial charge in [0.1, 0.15) is 0 Å². The first-order chi connectivity index (χ1) is 17.6. The molecule has 1 aliphatic heterocycles. The quantitative estimate of drug-likeness (QED) is 0.427. The van der Waals surface area contributed by atoms with Crippen LogP contribution >= 0.6 is 0 Å². The van der Waals surface area contributed by atoms with Crippen molar-refractivity contribution < 1.29 is 0 Å². The van der Waals surface area contributed by atoms with E-state index in [0.717, 1.165) is 49.0 Å². The van der Waals surface area contributed by atoms with E-state index in [1.807, 2.05) is 35.9 Å². The number of hydrogen-bond acceptors (Lipinski definition) is 5. The number of hydrogen-bond donors (Lipinski definition) is 1. The molecule has 1 fully saturated rings. The molecule has 2 heterocycles. The third kappa shape index (κ3) is 4.94. The van der Waals surface area contributed by atoms with Gasteiger partial charge in [0.25, 0.3) is 0 Å². The average Bonchev–Trinajstić information content (AvgIpc) is 3.54. The predicted octanol–water partition coefficient (Wildman–Crippen LogP) is 6.35. The molecule has 2 aliphatic rings. The Morgan fingerprint density at radius 3 is 2.81 bits per heavy atom. The fourth-order valence-electron chi connectivity index (χ4n) is 5.87. The molecule has 1 unspecified atom stereocenters. The van der Waals surface area contributed by atoms with E-state index in [2.05, 4.69) is 64.8 Å². The molecule has 1 atom stereocenters. The number of benzene rings is 2. The van der Waals surface area contributed by atoms with Crippen LogP contribution < -0.4 is 5.32 Å². The van der Waals surface area contributed by atoms with Gasteiger partial charge in [-0.25, -0.2) is 4.68 Å². The maximum atomic E-state index is 9.37. The van der Waals surface area contributed by atoms with Crippen LogP contribution in [0.25, 0.3) is 16.8 Å². The first kappa shape index (κ1) is 24.3. The highest BCUT2D eigenvalue weighted by Crippen LogP contribution is 2.38. The molecule has 1 saturated carbocycles. The fraction of sp³-hybridized carbons (Fsp3) is 0.433. The van der Waals surface area contributed by atoms with Gasteiger partial charge in [-0.1, -0.05) is 42.3 Å². The Bertz CT molecular complexity index is 1290. The molecule has 0 spiro atoms. The van der Waals surface area contributed by atoms with E-state index in [0.29, 0.717) is 5.56 Å². The van der Waals surface area contributed by atoms with Crippen molar-refractivity contribution >= 4 is 11.3 Å². The molecule has 1 aliphatic carbocycles. The van der Waals surface area contributed by atoms with Crippen molar-refractivity contribution in [3.05, 3.63) is 70.9 Å². The van der Waals surface area contributed by atoms with E-state index in [-0.39, 0.29) is 6.04 Å². The van der Waals surface area contributed by atoms with Gasteiger partial charge in [0.2, 0.25) is 0 Å². The van der Waals surface area contributed by atoms with Gasteiger partial charge in [-0.15, -0.1) is 5.10 Å². The van der Waals surface area contributed by atoms with Gasteiger partial charge < -0.3 is 10.2 Å². The number of nitrogens with one attached hydrogen (secondary N) is 1. The normalized spacial score (nSPS) is 18.0. The molecule has 3 aromatic rings. The number of anilines is 1. The second-order valence-corrected chi connectivity index (χ2v) is 10.2. The summed E-state index contributed by atoms with van der Waals surface area (Å²) in [4.78, 5) is 2.56. The summed E-state index contributed by atoms with van der Waals surface area (Å²) >= 11 is 0. The van der Waals surface area contributed by atoms with E-state index >= 15 is 0 Å². The number of allylic oxidation sites excluding steroid dienone is 1. The molecule has 0 saturated heterocycles. The summed E-state index contributed by atoms with van der Waals surface area (Å²) in [6, 6.07) is 17.7. The van der Waals surface area contributed by atoms with Gasteiger partial charge in [-0.05, 0) is 87.5 Å². The van der Waals surface area contributed by atoms with E-state index in [4.69, 9.17) is 0 Å². The molecule has 0 radical (unpaired) electrons. The van der Waals surface area contributed by atoms with Gasteiger partial charge >= 0.3 is 0 Å². The Hall–Kier alpha value is -3.43. The van der Waals surface area contributed by atoms with Crippen molar-refractivity contribution in [3.63, 3.8) is 0 Å². The van der Waals surface area contributed by atoms with Crippen LogP contribution in [0.15, 0.2) is 48.5 Å². The zero-order chi connectivity index (χ0) is 25.1. The molecule has 1 N–H and O–H groups in total. The summed E-state index contributed by atoms with van der Waals surface area (Å²) in [5, 5.41) is 21.9. The Morgan fingerprint density at radius 2 is 2.03 bits per heavy atom. The van der Waals surface area contributed by atoms with Crippen molar-refractivity contribution in [3.8, 4) is 17.3 Å². The van der Waals surface area contributed by atoms with Gasteiger partial charge in [0.15, 0.2) is 0 Å². The standard InChI is InChI=1S/C30H36N6/c1-4-23(14-16-35(3)26-10-5-6-11-26)24-12-13-27-28(19-24)29(15-17-36-30(27)21(2)33-34-36)32-25-9-7-8-22(18-25)20-31/h4,7-9,12-13,18-19,26,29,32H,5-6,10-11,14-17H2,1-3H3/b23-4+. The highest BCUT2D eigenvalue weighted by molar-refractivity contribution is 5.74. The van der Waals surface area contributed by atoms with Gasteiger partial charge in [-0.3, -0.25) is 0 Å². The third-order valence-corrected chi connectivity index (χ3v) is 7.95. The maximum absolute atomic E-state index is 9.37. The Kier molecular flexibility index (Phi) is 7.20. The number of aromatic nitrogens is 3. The van der Waals surface area contributed by atoms with Gasteiger partial charge in [0.05, 0.1) is 29.1 Å². The number of fused-ring (bicyclic) bond motifs is 3. The number of nitriles is 1. The summed E-state index contributed by atoms with van der Waals surface area (Å²) in [6.45, 7) is 6.07. The highest BCUT2D eigenvalue weighted by atomic mass is 15.4.